The lowest BCUT2D eigenvalue weighted by molar-refractivity contribution is -0.142. The first-order valence-corrected chi connectivity index (χ1v) is 5.38. The molecule has 0 aromatic rings. The van der Waals surface area contributed by atoms with Crippen LogP contribution in [0.5, 0.6) is 0 Å². The van der Waals surface area contributed by atoms with Crippen molar-refractivity contribution in [1.82, 2.24) is 10.6 Å². The molecule has 1 amide bonds. The summed E-state index contributed by atoms with van der Waals surface area (Å²) in [6.07, 6.45) is 1.49. The molecule has 0 aromatic heterocycles. The van der Waals surface area contributed by atoms with Gasteiger partial charge in [0, 0.05) is 13.0 Å². The maximum atomic E-state index is 11.6. The van der Waals surface area contributed by atoms with Crippen LogP contribution in [0.25, 0.3) is 0 Å². The summed E-state index contributed by atoms with van der Waals surface area (Å²) in [6, 6.07) is -1.41. The predicted molar refractivity (Wildman–Crippen MR) is 59.0 cm³/mol. The van der Waals surface area contributed by atoms with Gasteiger partial charge in [0.25, 0.3) is 0 Å². The van der Waals surface area contributed by atoms with Gasteiger partial charge in [-0.1, -0.05) is 13.3 Å². The van der Waals surface area contributed by atoms with E-state index in [1.165, 1.54) is 0 Å². The fraction of sp³-hybridized carbons (Fsp3) is 0.800. The number of aliphatic hydroxyl groups is 1. The van der Waals surface area contributed by atoms with E-state index < -0.39 is 12.0 Å². The zero-order chi connectivity index (χ0) is 12.6. The molecule has 4 N–H and O–H groups in total. The fourth-order valence-corrected chi connectivity index (χ4v) is 1.35. The van der Waals surface area contributed by atoms with Crippen LogP contribution in [0.1, 0.15) is 26.2 Å². The van der Waals surface area contributed by atoms with Gasteiger partial charge in [0.1, 0.15) is 6.04 Å². The fourth-order valence-electron chi connectivity index (χ4n) is 1.35. The molecule has 0 aromatic carbocycles. The first-order valence-electron chi connectivity index (χ1n) is 5.38. The SMILES string of the molecule is CCC[C@H](NC)C(=O)N[C@@H](CCO)C(=O)O. The summed E-state index contributed by atoms with van der Waals surface area (Å²) < 4.78 is 0. The number of carboxylic acids is 1. The number of rotatable bonds is 8. The highest BCUT2D eigenvalue weighted by Crippen LogP contribution is 1.98. The number of likely N-dealkylation sites (N-methyl/N-ethyl adjacent to an activating group) is 1. The van der Waals surface area contributed by atoms with E-state index in [0.717, 1.165) is 6.42 Å². The molecular weight excluding hydrogens is 212 g/mol. The first kappa shape index (κ1) is 14.9. The van der Waals surface area contributed by atoms with Gasteiger partial charge in [0.05, 0.1) is 6.04 Å². The Morgan fingerprint density at radius 1 is 1.25 bits per heavy atom. The minimum absolute atomic E-state index is 0.0175. The average Bonchev–Trinajstić information content (AvgIpc) is 2.24. The number of aliphatic carboxylic acids is 1. The molecule has 94 valence electrons. The maximum Gasteiger partial charge on any atom is 0.326 e. The number of carboxylic acid groups (broad SMARTS) is 1. The second-order valence-corrected chi connectivity index (χ2v) is 3.54. The van der Waals surface area contributed by atoms with E-state index >= 15 is 0 Å². The largest absolute Gasteiger partial charge is 0.480 e. The number of amides is 1. The predicted octanol–water partition coefficient (Wildman–Crippen LogP) is -0.674. The Labute approximate surface area is 95.0 Å². The summed E-state index contributed by atoms with van der Waals surface area (Å²) in [5.74, 6) is -1.47. The third-order valence-corrected chi connectivity index (χ3v) is 2.27. The summed E-state index contributed by atoms with van der Waals surface area (Å²) in [5.41, 5.74) is 0. The number of hydrogen-bond acceptors (Lipinski definition) is 4. The van der Waals surface area contributed by atoms with E-state index in [4.69, 9.17) is 10.2 Å². The monoisotopic (exact) mass is 232 g/mol. The normalized spacial score (nSPS) is 14.2. The molecule has 0 aliphatic heterocycles. The van der Waals surface area contributed by atoms with Gasteiger partial charge in [-0.3, -0.25) is 4.79 Å². The summed E-state index contributed by atoms with van der Waals surface area (Å²) in [5, 5.41) is 22.7. The molecule has 0 radical (unpaired) electrons. The van der Waals surface area contributed by atoms with Crippen molar-refractivity contribution in [2.75, 3.05) is 13.7 Å². The summed E-state index contributed by atoms with van der Waals surface area (Å²) in [6.45, 7) is 1.68. The summed E-state index contributed by atoms with van der Waals surface area (Å²) >= 11 is 0. The molecule has 16 heavy (non-hydrogen) atoms. The third-order valence-electron chi connectivity index (χ3n) is 2.27. The van der Waals surface area contributed by atoms with Gasteiger partial charge in [-0.15, -0.1) is 0 Å². The highest BCUT2D eigenvalue weighted by molar-refractivity contribution is 5.86. The molecular formula is C10H20N2O4. The molecule has 2 atom stereocenters. The van der Waals surface area contributed by atoms with Gasteiger partial charge in [-0.25, -0.2) is 4.79 Å². The van der Waals surface area contributed by atoms with Crippen molar-refractivity contribution in [3.63, 3.8) is 0 Å². The topological polar surface area (TPSA) is 98.7 Å². The van der Waals surface area contributed by atoms with Crippen molar-refractivity contribution in [1.29, 1.82) is 0 Å². The zero-order valence-electron chi connectivity index (χ0n) is 9.69. The minimum Gasteiger partial charge on any atom is -0.480 e. The van der Waals surface area contributed by atoms with Crippen LogP contribution >= 0.6 is 0 Å². The smallest absolute Gasteiger partial charge is 0.326 e. The van der Waals surface area contributed by atoms with Gasteiger partial charge < -0.3 is 20.8 Å². The van der Waals surface area contributed by atoms with E-state index in [0.29, 0.717) is 6.42 Å². The molecule has 0 unspecified atom stereocenters. The van der Waals surface area contributed by atoms with Crippen molar-refractivity contribution < 1.29 is 19.8 Å². The Morgan fingerprint density at radius 2 is 1.88 bits per heavy atom. The molecule has 0 rings (SSSR count). The maximum absolute atomic E-state index is 11.6. The van der Waals surface area contributed by atoms with Crippen molar-refractivity contribution >= 4 is 11.9 Å². The lowest BCUT2D eigenvalue weighted by Gasteiger charge is -2.19. The van der Waals surface area contributed by atoms with Gasteiger partial charge in [0.15, 0.2) is 0 Å². The van der Waals surface area contributed by atoms with Crippen LogP contribution in [-0.4, -0.2) is 47.8 Å². The van der Waals surface area contributed by atoms with Crippen LogP contribution in [0, 0.1) is 0 Å². The van der Waals surface area contributed by atoms with Crippen molar-refractivity contribution in [2.45, 2.75) is 38.3 Å². The van der Waals surface area contributed by atoms with Crippen LogP contribution in [0.15, 0.2) is 0 Å². The minimum atomic E-state index is -1.13. The second-order valence-electron chi connectivity index (χ2n) is 3.54. The zero-order valence-corrected chi connectivity index (χ0v) is 9.69. The molecule has 6 nitrogen and oxygen atoms in total. The molecule has 0 saturated carbocycles. The van der Waals surface area contributed by atoms with E-state index in [-0.39, 0.29) is 25.0 Å². The van der Waals surface area contributed by atoms with Gasteiger partial charge in [0.2, 0.25) is 5.91 Å². The molecule has 6 heteroatoms. The molecule has 0 aliphatic carbocycles. The molecule has 0 heterocycles. The number of aliphatic hydroxyl groups excluding tert-OH is 1. The van der Waals surface area contributed by atoms with Gasteiger partial charge in [-0.05, 0) is 13.5 Å². The lowest BCUT2D eigenvalue weighted by Crippen LogP contribution is -2.49. The van der Waals surface area contributed by atoms with Gasteiger partial charge in [-0.2, -0.15) is 0 Å². The number of nitrogens with one attached hydrogen (secondary N) is 2. The standard InChI is InChI=1S/C10H20N2O4/c1-3-4-7(11-2)9(14)12-8(5-6-13)10(15)16/h7-8,11,13H,3-6H2,1-2H3,(H,12,14)(H,15,16)/t7-,8-/m0/s1. The van der Waals surface area contributed by atoms with Crippen molar-refractivity contribution in [3.8, 4) is 0 Å². The van der Waals surface area contributed by atoms with Crippen LogP contribution < -0.4 is 10.6 Å². The Morgan fingerprint density at radius 3 is 2.25 bits per heavy atom. The Balaban J connectivity index is 4.31. The van der Waals surface area contributed by atoms with Gasteiger partial charge >= 0.3 is 5.97 Å². The lowest BCUT2D eigenvalue weighted by atomic mass is 10.1. The van der Waals surface area contributed by atoms with E-state index in [9.17, 15) is 9.59 Å². The third kappa shape index (κ3) is 5.09. The highest BCUT2D eigenvalue weighted by atomic mass is 16.4. The Bertz CT molecular complexity index is 233. The number of carbonyl (C=O) groups excluding carboxylic acids is 1. The Kier molecular flexibility index (Phi) is 7.49. The highest BCUT2D eigenvalue weighted by Gasteiger charge is 2.23. The average molecular weight is 232 g/mol. The van der Waals surface area contributed by atoms with Crippen LogP contribution in [0.2, 0.25) is 0 Å². The van der Waals surface area contributed by atoms with Crippen LogP contribution in [-0.2, 0) is 9.59 Å². The first-order chi connectivity index (χ1) is 7.56. The summed E-state index contributed by atoms with van der Waals surface area (Å²) in [4.78, 5) is 22.4. The van der Waals surface area contributed by atoms with Crippen molar-refractivity contribution in [3.05, 3.63) is 0 Å². The van der Waals surface area contributed by atoms with E-state index in [2.05, 4.69) is 10.6 Å². The van der Waals surface area contributed by atoms with Crippen LogP contribution in [0.4, 0.5) is 0 Å². The van der Waals surface area contributed by atoms with Crippen molar-refractivity contribution in [2.24, 2.45) is 0 Å². The molecule has 0 saturated heterocycles. The van der Waals surface area contributed by atoms with Crippen LogP contribution in [0.3, 0.4) is 0 Å². The van der Waals surface area contributed by atoms with E-state index in [1.54, 1.807) is 7.05 Å². The molecule has 0 bridgehead atoms. The summed E-state index contributed by atoms with van der Waals surface area (Å²) in [7, 11) is 1.65. The Hall–Kier alpha value is -1.14. The molecule has 0 spiro atoms. The second kappa shape index (κ2) is 8.06. The molecule has 0 fully saturated rings. The molecule has 0 aliphatic rings. The quantitative estimate of drug-likeness (QED) is 0.445. The van der Waals surface area contributed by atoms with E-state index in [1.807, 2.05) is 6.92 Å². The number of carbonyl (C=O) groups is 2. The number of hydrogen-bond donors (Lipinski definition) is 4.